The predicted molar refractivity (Wildman–Crippen MR) is 130 cm³/mol. The largest absolute Gasteiger partial charge is 0.481 e. The van der Waals surface area contributed by atoms with E-state index in [2.05, 4.69) is 33.0 Å². The van der Waals surface area contributed by atoms with Gasteiger partial charge in [-0.25, -0.2) is 0 Å². The third kappa shape index (κ3) is 8.17. The van der Waals surface area contributed by atoms with Gasteiger partial charge in [0.05, 0.1) is 5.41 Å². The normalized spacial score (nSPS) is 18.8. The van der Waals surface area contributed by atoms with Crippen LogP contribution in [0.15, 0.2) is 0 Å². The molecule has 1 heterocycles. The minimum atomic E-state index is -0.647. The molecule has 0 aliphatic carbocycles. The van der Waals surface area contributed by atoms with Crippen LogP contribution < -0.4 is 5.32 Å². The number of aliphatic carboxylic acids is 1. The molecule has 1 aliphatic rings. The van der Waals surface area contributed by atoms with Crippen LogP contribution in [0.1, 0.15) is 131 Å². The first-order chi connectivity index (χ1) is 14.3. The first-order valence-corrected chi connectivity index (χ1v) is 13.2. The summed E-state index contributed by atoms with van der Waals surface area (Å²) in [7, 11) is 0. The zero-order valence-electron chi connectivity index (χ0n) is 21.0. The molecule has 1 fully saturated rings. The number of rotatable bonds is 17. The molecule has 0 saturated carbocycles. The van der Waals surface area contributed by atoms with Gasteiger partial charge >= 0.3 is 5.97 Å². The Morgan fingerprint density at radius 3 is 1.73 bits per heavy atom. The van der Waals surface area contributed by atoms with E-state index in [-0.39, 0.29) is 11.3 Å². The summed E-state index contributed by atoms with van der Waals surface area (Å²) in [5.41, 5.74) is -0.843. The van der Waals surface area contributed by atoms with Crippen LogP contribution in [0.5, 0.6) is 0 Å². The number of carboxylic acids is 1. The number of hydrogen-bond acceptors (Lipinski definition) is 2. The van der Waals surface area contributed by atoms with Gasteiger partial charge in [-0.3, -0.25) is 4.79 Å². The van der Waals surface area contributed by atoms with E-state index >= 15 is 0 Å². The van der Waals surface area contributed by atoms with Gasteiger partial charge in [0.25, 0.3) is 0 Å². The molecule has 0 aromatic heterocycles. The second kappa shape index (κ2) is 14.5. The number of hydrogen-bond donors (Lipinski definition) is 2. The molecule has 1 saturated heterocycles. The molecule has 30 heavy (non-hydrogen) atoms. The Labute approximate surface area is 188 Å². The average Bonchev–Trinajstić information content (AvgIpc) is 2.74. The molecule has 2 N–H and O–H groups in total. The smallest absolute Gasteiger partial charge is 0.310 e. The summed E-state index contributed by atoms with van der Waals surface area (Å²) in [6.45, 7) is 12.9. The third-order valence-electron chi connectivity index (χ3n) is 8.66. The van der Waals surface area contributed by atoms with Crippen LogP contribution in [-0.4, -0.2) is 24.2 Å². The van der Waals surface area contributed by atoms with Crippen LogP contribution in [0.4, 0.5) is 0 Å². The van der Waals surface area contributed by atoms with Gasteiger partial charge in [0.15, 0.2) is 0 Å². The van der Waals surface area contributed by atoms with E-state index in [9.17, 15) is 9.90 Å². The minimum absolute atomic E-state index is 0.196. The highest BCUT2D eigenvalue weighted by Gasteiger charge is 2.54. The van der Waals surface area contributed by atoms with E-state index in [1.165, 1.54) is 77.0 Å². The monoisotopic (exact) mass is 423 g/mol. The first-order valence-electron chi connectivity index (χ1n) is 13.2. The van der Waals surface area contributed by atoms with Gasteiger partial charge < -0.3 is 10.4 Å². The van der Waals surface area contributed by atoms with Crippen molar-refractivity contribution in [1.82, 2.24) is 5.32 Å². The molecule has 1 rings (SSSR count). The first kappa shape index (κ1) is 27.5. The standard InChI is InChI=1S/C27H53NO2/c1-6-7-8-9-10-11-12-13-14-15-16-17-18-23(2)26(3,4)27(5,25(29)30)24-19-21-28-22-20-24/h23-24,28H,6-22H2,1-5H3,(H,29,30). The second-order valence-corrected chi connectivity index (χ2v) is 10.8. The highest BCUT2D eigenvalue weighted by molar-refractivity contribution is 5.75. The molecular weight excluding hydrogens is 370 g/mol. The van der Waals surface area contributed by atoms with Crippen molar-refractivity contribution in [2.45, 2.75) is 131 Å². The van der Waals surface area contributed by atoms with E-state index in [0.717, 1.165) is 32.4 Å². The summed E-state index contributed by atoms with van der Waals surface area (Å²) in [5, 5.41) is 13.6. The van der Waals surface area contributed by atoms with Gasteiger partial charge in [0, 0.05) is 0 Å². The Hall–Kier alpha value is -0.570. The third-order valence-corrected chi connectivity index (χ3v) is 8.66. The van der Waals surface area contributed by atoms with E-state index < -0.39 is 11.4 Å². The van der Waals surface area contributed by atoms with E-state index in [1.54, 1.807) is 0 Å². The number of carboxylic acid groups (broad SMARTS) is 1. The lowest BCUT2D eigenvalue weighted by Crippen LogP contribution is -2.53. The molecule has 0 aromatic carbocycles. The van der Waals surface area contributed by atoms with Gasteiger partial charge in [-0.05, 0) is 50.1 Å². The maximum atomic E-state index is 12.4. The van der Waals surface area contributed by atoms with Crippen molar-refractivity contribution >= 4 is 5.97 Å². The molecule has 3 heteroatoms. The van der Waals surface area contributed by atoms with Crippen molar-refractivity contribution in [2.24, 2.45) is 22.7 Å². The van der Waals surface area contributed by atoms with Crippen molar-refractivity contribution in [3.05, 3.63) is 0 Å². The van der Waals surface area contributed by atoms with Gasteiger partial charge in [0.2, 0.25) is 0 Å². The number of nitrogens with one attached hydrogen (secondary N) is 1. The van der Waals surface area contributed by atoms with Crippen molar-refractivity contribution < 1.29 is 9.90 Å². The molecule has 2 unspecified atom stereocenters. The van der Waals surface area contributed by atoms with Crippen LogP contribution in [0.3, 0.4) is 0 Å². The van der Waals surface area contributed by atoms with Crippen molar-refractivity contribution in [2.75, 3.05) is 13.1 Å². The number of piperidine rings is 1. The van der Waals surface area contributed by atoms with Crippen LogP contribution in [0.25, 0.3) is 0 Å². The second-order valence-electron chi connectivity index (χ2n) is 10.8. The quantitative estimate of drug-likeness (QED) is 0.234. The van der Waals surface area contributed by atoms with E-state index in [0.29, 0.717) is 5.92 Å². The molecule has 0 amide bonds. The van der Waals surface area contributed by atoms with Crippen LogP contribution in [0.2, 0.25) is 0 Å². The molecular formula is C27H53NO2. The summed E-state index contributed by atoms with van der Waals surface area (Å²) in [6.07, 6.45) is 19.6. The molecule has 1 aliphatic heterocycles. The predicted octanol–water partition coefficient (Wildman–Crippen LogP) is 7.83. The lowest BCUT2D eigenvalue weighted by molar-refractivity contribution is -0.166. The highest BCUT2D eigenvalue weighted by atomic mass is 16.4. The fourth-order valence-corrected chi connectivity index (χ4v) is 5.54. The average molecular weight is 424 g/mol. The Kier molecular flexibility index (Phi) is 13.3. The molecule has 2 atom stereocenters. The Morgan fingerprint density at radius 2 is 1.30 bits per heavy atom. The summed E-state index contributed by atoms with van der Waals surface area (Å²) < 4.78 is 0. The maximum absolute atomic E-state index is 12.4. The number of unbranched alkanes of at least 4 members (excludes halogenated alkanes) is 11. The summed E-state index contributed by atoms with van der Waals surface area (Å²) in [5.74, 6) is 0.105. The number of carbonyl (C=O) groups is 1. The lowest BCUT2D eigenvalue weighted by atomic mass is 9.53. The fourth-order valence-electron chi connectivity index (χ4n) is 5.54. The van der Waals surface area contributed by atoms with Crippen LogP contribution in [-0.2, 0) is 4.79 Å². The van der Waals surface area contributed by atoms with Crippen LogP contribution >= 0.6 is 0 Å². The van der Waals surface area contributed by atoms with Gasteiger partial charge in [-0.15, -0.1) is 0 Å². The summed E-state index contributed by atoms with van der Waals surface area (Å²) in [6, 6.07) is 0. The van der Waals surface area contributed by atoms with Crippen molar-refractivity contribution in [1.29, 1.82) is 0 Å². The van der Waals surface area contributed by atoms with Gasteiger partial charge in [0.1, 0.15) is 0 Å². The maximum Gasteiger partial charge on any atom is 0.310 e. The van der Waals surface area contributed by atoms with Gasteiger partial charge in [-0.1, -0.05) is 111 Å². The molecule has 0 bridgehead atoms. The molecule has 0 radical (unpaired) electrons. The Balaban J connectivity index is 2.28. The van der Waals surface area contributed by atoms with Crippen molar-refractivity contribution in [3.63, 3.8) is 0 Å². The SMILES string of the molecule is CCCCCCCCCCCCCCC(C)C(C)(C)C(C)(C(=O)O)C1CCNCC1. The molecule has 0 aromatic rings. The zero-order valence-corrected chi connectivity index (χ0v) is 21.0. The summed E-state index contributed by atoms with van der Waals surface area (Å²) >= 11 is 0. The van der Waals surface area contributed by atoms with Gasteiger partial charge in [-0.2, -0.15) is 0 Å². The Bertz CT molecular complexity index is 456. The molecule has 0 spiro atoms. The fraction of sp³-hybridized carbons (Fsp3) is 0.963. The van der Waals surface area contributed by atoms with Crippen LogP contribution in [0, 0.1) is 22.7 Å². The zero-order chi connectivity index (χ0) is 22.5. The van der Waals surface area contributed by atoms with E-state index in [4.69, 9.17) is 0 Å². The minimum Gasteiger partial charge on any atom is -0.481 e. The Morgan fingerprint density at radius 1 is 0.867 bits per heavy atom. The molecule has 178 valence electrons. The van der Waals surface area contributed by atoms with Crippen molar-refractivity contribution in [3.8, 4) is 0 Å². The highest BCUT2D eigenvalue weighted by Crippen LogP contribution is 2.53. The van der Waals surface area contributed by atoms with E-state index in [1.807, 2.05) is 6.92 Å². The lowest BCUT2D eigenvalue weighted by Gasteiger charge is -2.50. The summed E-state index contributed by atoms with van der Waals surface area (Å²) in [4.78, 5) is 12.4. The topological polar surface area (TPSA) is 49.3 Å². The molecule has 3 nitrogen and oxygen atoms in total.